The van der Waals surface area contributed by atoms with Gasteiger partial charge in [-0.3, -0.25) is 14.2 Å². The number of halogens is 5. The second-order valence-electron chi connectivity index (χ2n) is 8.37. The Balaban J connectivity index is 1.92. The summed E-state index contributed by atoms with van der Waals surface area (Å²) in [5.41, 5.74) is -1.97. The molecule has 1 fully saturated rings. The number of benzene rings is 1. The first-order valence-corrected chi connectivity index (χ1v) is 11.3. The van der Waals surface area contributed by atoms with Crippen LogP contribution >= 0.6 is 11.6 Å². The minimum Gasteiger partial charge on any atom is -0.389 e. The summed E-state index contributed by atoms with van der Waals surface area (Å²) in [5, 5.41) is 21.3. The van der Waals surface area contributed by atoms with Gasteiger partial charge in [-0.05, 0) is 30.7 Å². The van der Waals surface area contributed by atoms with Crippen molar-refractivity contribution < 1.29 is 32.6 Å². The van der Waals surface area contributed by atoms with Gasteiger partial charge < -0.3 is 20.4 Å². The Morgan fingerprint density at radius 1 is 1.22 bits per heavy atom. The minimum absolute atomic E-state index is 0.0424. The van der Waals surface area contributed by atoms with Crippen molar-refractivity contribution in [2.75, 3.05) is 18.0 Å². The van der Waals surface area contributed by atoms with Gasteiger partial charge in [-0.15, -0.1) is 0 Å². The number of hydrogen-bond donors (Lipinski definition) is 3. The molecule has 0 spiro atoms. The van der Waals surface area contributed by atoms with Crippen LogP contribution < -0.4 is 15.6 Å². The van der Waals surface area contributed by atoms with E-state index in [0.29, 0.717) is 0 Å². The number of para-hydroxylation sites is 1. The zero-order valence-corrected chi connectivity index (χ0v) is 19.5. The molecule has 0 saturated carbocycles. The molecule has 0 unspecified atom stereocenters. The number of nitrogens with one attached hydrogen (secondary N) is 1. The van der Waals surface area contributed by atoms with Gasteiger partial charge in [-0.1, -0.05) is 24.6 Å². The number of amides is 1. The second kappa shape index (κ2) is 9.68. The molecule has 8 nitrogen and oxygen atoms in total. The highest BCUT2D eigenvalue weighted by Crippen LogP contribution is 2.29. The van der Waals surface area contributed by atoms with Crippen molar-refractivity contribution >= 4 is 34.4 Å². The Morgan fingerprint density at radius 3 is 2.47 bits per heavy atom. The van der Waals surface area contributed by atoms with Crippen LogP contribution in [0.2, 0.25) is 5.02 Å². The van der Waals surface area contributed by atoms with E-state index in [1.807, 2.05) is 5.32 Å². The summed E-state index contributed by atoms with van der Waals surface area (Å²) in [6.07, 6.45) is -6.36. The van der Waals surface area contributed by atoms with E-state index in [4.69, 9.17) is 11.6 Å². The molecule has 3 aromatic rings. The summed E-state index contributed by atoms with van der Waals surface area (Å²) >= 11 is 6.22. The number of hydrogen-bond acceptors (Lipinski definition) is 6. The van der Waals surface area contributed by atoms with Crippen LogP contribution in [0.1, 0.15) is 23.7 Å². The lowest BCUT2D eigenvalue weighted by atomic mass is 10.1. The number of fused-ring (bicyclic) bond motifs is 1. The van der Waals surface area contributed by atoms with Crippen LogP contribution in [0.4, 0.5) is 23.4 Å². The number of rotatable bonds is 5. The zero-order valence-electron chi connectivity index (χ0n) is 18.8. The van der Waals surface area contributed by atoms with E-state index in [1.165, 1.54) is 31.2 Å². The summed E-state index contributed by atoms with van der Waals surface area (Å²) in [7, 11) is 0. The number of nitrogens with zero attached hydrogens (tertiary/aromatic N) is 3. The first-order valence-electron chi connectivity index (χ1n) is 10.9. The molecule has 3 N–H and O–H groups in total. The number of aliphatic hydroxyl groups excluding tert-OH is 2. The molecule has 1 amide bonds. The standard InChI is InChI=1S/C23H21ClF4N4O4/c1-2-17(23(26,27)28)29-22(36)12-8-32(19-13(24)4-3-5-14(19)25)21-11(20(12)35)6-7-18(30-21)31-9-15(33)16(34)10-31/h3-8,15-17,33-34H,2,9-10H2,1H3,(H,29,36)/t15-,16-,17+/m1/s1. The number of alkyl halides is 3. The first-order chi connectivity index (χ1) is 16.9. The van der Waals surface area contributed by atoms with Crippen LogP contribution in [-0.2, 0) is 0 Å². The van der Waals surface area contributed by atoms with Crippen molar-refractivity contribution in [3.63, 3.8) is 0 Å². The smallest absolute Gasteiger partial charge is 0.389 e. The Kier molecular flexibility index (Phi) is 6.95. The fraction of sp³-hybridized carbons (Fsp3) is 0.348. The van der Waals surface area contributed by atoms with Gasteiger partial charge in [0.25, 0.3) is 5.91 Å². The quantitative estimate of drug-likeness (QED) is 0.440. The Bertz CT molecular complexity index is 1350. The van der Waals surface area contributed by atoms with E-state index < -0.39 is 53.6 Å². The third-order valence-corrected chi connectivity index (χ3v) is 6.26. The molecule has 0 radical (unpaired) electrons. The number of aliphatic hydroxyl groups is 2. The zero-order chi connectivity index (χ0) is 26.4. The summed E-state index contributed by atoms with van der Waals surface area (Å²) in [5.74, 6) is -1.89. The maximum Gasteiger partial charge on any atom is 0.408 e. The number of aromatic nitrogens is 2. The predicted octanol–water partition coefficient (Wildman–Crippen LogP) is 2.79. The van der Waals surface area contributed by atoms with Gasteiger partial charge in [-0.2, -0.15) is 13.2 Å². The van der Waals surface area contributed by atoms with Crippen LogP contribution in [0.3, 0.4) is 0 Å². The maximum absolute atomic E-state index is 14.9. The summed E-state index contributed by atoms with van der Waals surface area (Å²) in [6, 6.07) is 4.27. The minimum atomic E-state index is -4.74. The van der Waals surface area contributed by atoms with Crippen molar-refractivity contribution in [1.82, 2.24) is 14.9 Å². The summed E-state index contributed by atoms with van der Waals surface area (Å²) < 4.78 is 55.6. The molecule has 192 valence electrons. The topological polar surface area (TPSA) is 108 Å². The normalized spacial score (nSPS) is 19.1. The molecule has 1 aromatic carbocycles. The summed E-state index contributed by atoms with van der Waals surface area (Å²) in [6.45, 7) is 1.31. The van der Waals surface area contributed by atoms with Crippen LogP contribution in [0.15, 0.2) is 41.3 Å². The molecule has 0 bridgehead atoms. The van der Waals surface area contributed by atoms with Gasteiger partial charge in [0.1, 0.15) is 28.9 Å². The van der Waals surface area contributed by atoms with Crippen LogP contribution in [0.5, 0.6) is 0 Å². The number of carbonyl (C=O) groups is 1. The summed E-state index contributed by atoms with van der Waals surface area (Å²) in [4.78, 5) is 31.9. The lowest BCUT2D eigenvalue weighted by Gasteiger charge is -2.21. The highest BCUT2D eigenvalue weighted by atomic mass is 35.5. The van der Waals surface area contributed by atoms with Crippen LogP contribution in [0, 0.1) is 5.82 Å². The molecule has 3 atom stereocenters. The fourth-order valence-electron chi connectivity index (χ4n) is 4.03. The largest absolute Gasteiger partial charge is 0.408 e. The maximum atomic E-state index is 14.9. The molecule has 0 aliphatic carbocycles. The Hall–Kier alpha value is -3.22. The van der Waals surface area contributed by atoms with E-state index in [2.05, 4.69) is 4.98 Å². The van der Waals surface area contributed by atoms with Crippen molar-refractivity contribution in [1.29, 1.82) is 0 Å². The van der Waals surface area contributed by atoms with Crippen molar-refractivity contribution in [2.24, 2.45) is 0 Å². The third kappa shape index (κ3) is 4.75. The average Bonchev–Trinajstić information content (AvgIpc) is 3.15. The van der Waals surface area contributed by atoms with E-state index >= 15 is 0 Å². The highest BCUT2D eigenvalue weighted by molar-refractivity contribution is 6.32. The fourth-order valence-corrected chi connectivity index (χ4v) is 4.28. The van der Waals surface area contributed by atoms with Crippen molar-refractivity contribution in [3.8, 4) is 5.69 Å². The molecule has 1 aliphatic heterocycles. The highest BCUT2D eigenvalue weighted by Gasteiger charge is 2.40. The number of pyridine rings is 2. The number of β-amino-alcohol motifs (C(OH)–C–C–N with tert-alkyl or cyclic N) is 2. The second-order valence-corrected chi connectivity index (χ2v) is 8.78. The SMILES string of the molecule is CC[C@H](NC(=O)c1cn(-c2c(F)cccc2Cl)c2nc(N3C[C@@H](O)[C@H](O)C3)ccc2c1=O)C(F)(F)F. The molecule has 3 heterocycles. The van der Waals surface area contributed by atoms with E-state index in [-0.39, 0.29) is 40.7 Å². The van der Waals surface area contributed by atoms with Gasteiger partial charge in [0, 0.05) is 19.3 Å². The number of carbonyl (C=O) groups excluding carboxylic acids is 1. The number of anilines is 1. The molecular formula is C23H21ClF4N4O4. The Morgan fingerprint density at radius 2 is 1.89 bits per heavy atom. The van der Waals surface area contributed by atoms with Gasteiger partial charge in [0.2, 0.25) is 5.43 Å². The van der Waals surface area contributed by atoms with Gasteiger partial charge in [-0.25, -0.2) is 9.37 Å². The lowest BCUT2D eigenvalue weighted by molar-refractivity contribution is -0.153. The monoisotopic (exact) mass is 528 g/mol. The average molecular weight is 529 g/mol. The van der Waals surface area contributed by atoms with Crippen LogP contribution in [0.25, 0.3) is 16.7 Å². The first kappa shape index (κ1) is 25.9. The van der Waals surface area contributed by atoms with Crippen molar-refractivity contribution in [2.45, 2.75) is 37.8 Å². The Labute approximate surface area is 206 Å². The molecular weight excluding hydrogens is 508 g/mol. The third-order valence-electron chi connectivity index (χ3n) is 5.95. The molecule has 1 saturated heterocycles. The molecule has 13 heteroatoms. The lowest BCUT2D eigenvalue weighted by Crippen LogP contribution is -2.46. The molecule has 4 rings (SSSR count). The van der Waals surface area contributed by atoms with Gasteiger partial charge in [0.15, 0.2) is 5.65 Å². The van der Waals surface area contributed by atoms with E-state index in [9.17, 15) is 37.4 Å². The van der Waals surface area contributed by atoms with Gasteiger partial charge >= 0.3 is 6.18 Å². The van der Waals surface area contributed by atoms with Crippen LogP contribution in [-0.4, -0.2) is 63.2 Å². The van der Waals surface area contributed by atoms with Crippen molar-refractivity contribution in [3.05, 3.63) is 63.2 Å². The molecule has 36 heavy (non-hydrogen) atoms. The van der Waals surface area contributed by atoms with E-state index in [0.717, 1.165) is 16.8 Å². The molecule has 1 aliphatic rings. The van der Waals surface area contributed by atoms with E-state index in [1.54, 1.807) is 4.90 Å². The van der Waals surface area contributed by atoms with Gasteiger partial charge in [0.05, 0.1) is 22.6 Å². The predicted molar refractivity (Wildman–Crippen MR) is 124 cm³/mol. The molecule has 2 aromatic heterocycles.